The van der Waals surface area contributed by atoms with Gasteiger partial charge in [-0.3, -0.25) is 0 Å². The minimum absolute atomic E-state index is 0. The van der Waals surface area contributed by atoms with Crippen molar-refractivity contribution in [1.29, 1.82) is 0 Å². The molecule has 0 saturated carbocycles. The molecule has 0 amide bonds. The molecule has 1 aliphatic rings. The zero-order valence-corrected chi connectivity index (χ0v) is 28.0. The topological polar surface area (TPSA) is 21.5 Å². The quantitative estimate of drug-likeness (QED) is 0.124. The molecule has 1 unspecified atom stereocenters. The molecule has 0 radical (unpaired) electrons. The molecule has 0 N–H and O–H groups in total. The van der Waals surface area contributed by atoms with Crippen LogP contribution < -0.4 is 21.9 Å². The third kappa shape index (κ3) is 7.04. The molecular formula is C37H35ClF7NO2. The zero-order chi connectivity index (χ0) is 34.4. The standard InChI is InChI=1S/C37H35F7NO2.ClH/c1-20(21-7-10-24(11-8-21)36(2,3)4)35-27-17-31(47-6)30(46-5)15-22(27)13-14-45(35)19-23-9-12-25(37(42,43)44)16-26(23)32-33(40)28(38)18-29(39)34(32)41;/h7-12,15-18,20H,13-14,19H2,1-6H3;1H/q+1;/p-1. The fourth-order valence-electron chi connectivity index (χ4n) is 6.15. The van der Waals surface area contributed by atoms with Gasteiger partial charge in [-0.25, -0.2) is 22.1 Å². The van der Waals surface area contributed by atoms with Crippen LogP contribution in [0.15, 0.2) is 60.7 Å². The lowest BCUT2D eigenvalue weighted by Gasteiger charge is -2.25. The maximum absolute atomic E-state index is 15.1. The predicted molar refractivity (Wildman–Crippen MR) is 166 cm³/mol. The van der Waals surface area contributed by atoms with Crippen LogP contribution in [0.3, 0.4) is 0 Å². The lowest BCUT2D eigenvalue weighted by Crippen LogP contribution is -3.00. The van der Waals surface area contributed by atoms with Crippen molar-refractivity contribution >= 4 is 5.71 Å². The van der Waals surface area contributed by atoms with Gasteiger partial charge in [0.25, 0.3) is 0 Å². The smallest absolute Gasteiger partial charge is 0.416 e. The summed E-state index contributed by atoms with van der Waals surface area (Å²) in [6.45, 7) is 8.59. The minimum Gasteiger partial charge on any atom is -1.00 e. The molecule has 1 heterocycles. The summed E-state index contributed by atoms with van der Waals surface area (Å²) >= 11 is 0. The molecular weight excluding hydrogens is 659 g/mol. The van der Waals surface area contributed by atoms with Gasteiger partial charge in [0.1, 0.15) is 6.54 Å². The van der Waals surface area contributed by atoms with E-state index >= 15 is 8.78 Å². The van der Waals surface area contributed by atoms with E-state index in [1.165, 1.54) is 14.2 Å². The van der Waals surface area contributed by atoms with Crippen molar-refractivity contribution in [3.8, 4) is 22.6 Å². The van der Waals surface area contributed by atoms with E-state index < -0.39 is 46.1 Å². The van der Waals surface area contributed by atoms with Gasteiger partial charge >= 0.3 is 6.18 Å². The Morgan fingerprint density at radius 3 is 1.85 bits per heavy atom. The van der Waals surface area contributed by atoms with E-state index in [2.05, 4.69) is 20.8 Å². The van der Waals surface area contributed by atoms with E-state index in [0.717, 1.165) is 40.1 Å². The molecule has 1 aliphatic heterocycles. The maximum atomic E-state index is 15.1. The van der Waals surface area contributed by atoms with Crippen LogP contribution in [0.1, 0.15) is 67.0 Å². The van der Waals surface area contributed by atoms with Gasteiger partial charge in [-0.05, 0) is 58.9 Å². The molecule has 11 heteroatoms. The second-order valence-electron chi connectivity index (χ2n) is 12.7. The van der Waals surface area contributed by atoms with Gasteiger partial charge in [0.05, 0.1) is 31.3 Å². The van der Waals surface area contributed by atoms with Crippen molar-refractivity contribution in [1.82, 2.24) is 0 Å². The number of hydrogen-bond acceptors (Lipinski definition) is 2. The van der Waals surface area contributed by atoms with Gasteiger partial charge in [0.2, 0.25) is 0 Å². The molecule has 0 aliphatic carbocycles. The normalized spacial score (nSPS) is 13.9. The Bertz CT molecular complexity index is 1840. The van der Waals surface area contributed by atoms with E-state index in [-0.39, 0.29) is 41.9 Å². The molecule has 48 heavy (non-hydrogen) atoms. The highest BCUT2D eigenvalue weighted by Crippen LogP contribution is 2.40. The van der Waals surface area contributed by atoms with Crippen LogP contribution >= 0.6 is 0 Å². The Balaban J connectivity index is 0.00000520. The molecule has 3 nitrogen and oxygen atoms in total. The Morgan fingerprint density at radius 2 is 1.31 bits per heavy atom. The highest BCUT2D eigenvalue weighted by molar-refractivity contribution is 6.03. The summed E-state index contributed by atoms with van der Waals surface area (Å²) in [6, 6.07) is 14.3. The number of ether oxygens (including phenoxy) is 2. The van der Waals surface area contributed by atoms with Crippen LogP contribution in [0.5, 0.6) is 11.5 Å². The average Bonchev–Trinajstić information content (AvgIpc) is 3.02. The van der Waals surface area contributed by atoms with E-state index in [9.17, 15) is 22.0 Å². The van der Waals surface area contributed by atoms with Crippen molar-refractivity contribution in [2.75, 3.05) is 20.8 Å². The third-order valence-electron chi connectivity index (χ3n) is 8.74. The zero-order valence-electron chi connectivity index (χ0n) is 27.3. The first-order valence-corrected chi connectivity index (χ1v) is 15.1. The molecule has 0 spiro atoms. The third-order valence-corrected chi connectivity index (χ3v) is 8.74. The number of nitrogens with zero attached hydrogens (tertiary/aromatic N) is 1. The summed E-state index contributed by atoms with van der Waals surface area (Å²) in [4.78, 5) is 0. The number of rotatable bonds is 7. The first kappa shape index (κ1) is 36.8. The summed E-state index contributed by atoms with van der Waals surface area (Å²) in [5.74, 6) is -6.24. The lowest BCUT2D eigenvalue weighted by molar-refractivity contribution is -0.546. The van der Waals surface area contributed by atoms with Crippen LogP contribution in [0.25, 0.3) is 11.1 Å². The monoisotopic (exact) mass is 693 g/mol. The number of benzene rings is 4. The van der Waals surface area contributed by atoms with Crippen molar-refractivity contribution in [2.24, 2.45) is 0 Å². The van der Waals surface area contributed by atoms with Crippen LogP contribution in [0.2, 0.25) is 0 Å². The van der Waals surface area contributed by atoms with E-state index in [1.54, 1.807) is 0 Å². The van der Waals surface area contributed by atoms with Crippen molar-refractivity contribution < 1.29 is 57.2 Å². The van der Waals surface area contributed by atoms with E-state index in [0.29, 0.717) is 30.5 Å². The lowest BCUT2D eigenvalue weighted by atomic mass is 9.82. The summed E-state index contributed by atoms with van der Waals surface area (Å²) < 4.78 is 113. The second kappa shape index (κ2) is 13.8. The van der Waals surface area contributed by atoms with Gasteiger partial charge in [0.15, 0.2) is 47.0 Å². The van der Waals surface area contributed by atoms with Gasteiger partial charge < -0.3 is 21.9 Å². The molecule has 5 rings (SSSR count). The van der Waals surface area contributed by atoms with Gasteiger partial charge in [-0.15, -0.1) is 0 Å². The molecule has 1 atom stereocenters. The fourth-order valence-corrected chi connectivity index (χ4v) is 6.15. The summed E-state index contributed by atoms with van der Waals surface area (Å²) in [6.07, 6.45) is -4.38. The van der Waals surface area contributed by atoms with Crippen molar-refractivity contribution in [2.45, 2.75) is 58.2 Å². The summed E-state index contributed by atoms with van der Waals surface area (Å²) in [5.41, 5.74) is 1.61. The average molecular weight is 694 g/mol. The van der Waals surface area contributed by atoms with Crippen LogP contribution in [0.4, 0.5) is 30.7 Å². The van der Waals surface area contributed by atoms with Crippen LogP contribution in [0, 0.1) is 23.3 Å². The van der Waals surface area contributed by atoms with Crippen LogP contribution in [-0.2, 0) is 24.6 Å². The number of methoxy groups -OCH3 is 2. The van der Waals surface area contributed by atoms with Gasteiger partial charge in [-0.1, -0.05) is 51.1 Å². The first-order valence-electron chi connectivity index (χ1n) is 15.1. The highest BCUT2D eigenvalue weighted by Gasteiger charge is 2.36. The number of alkyl halides is 3. The Kier molecular flexibility index (Phi) is 10.6. The van der Waals surface area contributed by atoms with Crippen LogP contribution in [-0.4, -0.2) is 31.1 Å². The van der Waals surface area contributed by atoms with Gasteiger partial charge in [0, 0.05) is 23.6 Å². The fraction of sp³-hybridized carbons (Fsp3) is 0.324. The molecule has 4 aromatic rings. The number of hydrogen-bond donors (Lipinski definition) is 0. The first-order chi connectivity index (χ1) is 22.0. The summed E-state index contributed by atoms with van der Waals surface area (Å²) in [5, 5.41) is 0. The van der Waals surface area contributed by atoms with E-state index in [1.807, 2.05) is 47.9 Å². The second-order valence-corrected chi connectivity index (χ2v) is 12.7. The molecule has 4 aromatic carbocycles. The predicted octanol–water partition coefficient (Wildman–Crippen LogP) is 6.61. The van der Waals surface area contributed by atoms with Crippen molar-refractivity contribution in [3.05, 3.63) is 117 Å². The Hall–Kier alpha value is -4.05. The molecule has 0 fully saturated rings. The number of fused-ring (bicyclic) bond motifs is 1. The molecule has 0 saturated heterocycles. The SMILES string of the molecule is COc1cc2c(cc1OC)C(C(C)c1ccc(C(C)(C)C)cc1)=[N+](Cc1ccc(C(F)(F)F)cc1-c1c(F)c(F)cc(F)c1F)CC2.[Cl-]. The number of halogens is 8. The van der Waals surface area contributed by atoms with Gasteiger partial charge in [-0.2, -0.15) is 13.2 Å². The molecule has 0 aromatic heterocycles. The largest absolute Gasteiger partial charge is 1.00 e. The van der Waals surface area contributed by atoms with E-state index in [4.69, 9.17) is 9.47 Å². The maximum Gasteiger partial charge on any atom is 0.416 e. The Morgan fingerprint density at radius 1 is 0.750 bits per heavy atom. The van der Waals surface area contributed by atoms with Crippen molar-refractivity contribution in [3.63, 3.8) is 0 Å². The Labute approximate surface area is 281 Å². The molecule has 0 bridgehead atoms. The highest BCUT2D eigenvalue weighted by atomic mass is 35.5. The molecule has 256 valence electrons. The minimum atomic E-state index is -4.88. The summed E-state index contributed by atoms with van der Waals surface area (Å²) in [7, 11) is 3.04.